The first-order valence-electron chi connectivity index (χ1n) is 5.57. The number of anilines is 1. The number of hydrogen-bond acceptors (Lipinski definition) is 5. The summed E-state index contributed by atoms with van der Waals surface area (Å²) in [6.45, 7) is 4.16. The van der Waals surface area contributed by atoms with Crippen LogP contribution in [-0.4, -0.2) is 30.3 Å². The van der Waals surface area contributed by atoms with E-state index < -0.39 is 4.92 Å². The van der Waals surface area contributed by atoms with E-state index in [1.54, 1.807) is 18.2 Å². The van der Waals surface area contributed by atoms with Gasteiger partial charge < -0.3 is 15.2 Å². The van der Waals surface area contributed by atoms with E-state index in [0.29, 0.717) is 12.2 Å². The molecular formula is C12H18N2O4. The van der Waals surface area contributed by atoms with Gasteiger partial charge in [-0.1, -0.05) is 19.9 Å². The van der Waals surface area contributed by atoms with Crippen molar-refractivity contribution < 1.29 is 14.8 Å². The number of nitro groups is 1. The maximum atomic E-state index is 11.0. The molecule has 100 valence electrons. The van der Waals surface area contributed by atoms with E-state index in [0.717, 1.165) is 0 Å². The Kier molecular flexibility index (Phi) is 4.49. The molecule has 0 amide bonds. The minimum absolute atomic E-state index is 0.00222. The lowest BCUT2D eigenvalue weighted by molar-refractivity contribution is -0.384. The van der Waals surface area contributed by atoms with Crippen LogP contribution in [0.2, 0.25) is 0 Å². The van der Waals surface area contributed by atoms with Gasteiger partial charge >= 0.3 is 5.69 Å². The summed E-state index contributed by atoms with van der Waals surface area (Å²) < 4.78 is 4.97. The number of nitrogens with one attached hydrogen (secondary N) is 1. The van der Waals surface area contributed by atoms with Crippen LogP contribution in [-0.2, 0) is 0 Å². The second-order valence-corrected chi connectivity index (χ2v) is 4.79. The average molecular weight is 254 g/mol. The summed E-state index contributed by atoms with van der Waals surface area (Å²) in [5.74, 6) is 0.215. The quantitative estimate of drug-likeness (QED) is 0.599. The predicted octanol–water partition coefficient (Wildman–Crippen LogP) is 2.03. The molecule has 0 spiro atoms. The Hall–Kier alpha value is -1.82. The molecule has 1 aromatic carbocycles. The topological polar surface area (TPSA) is 84.6 Å². The Balaban J connectivity index is 2.99. The maximum Gasteiger partial charge on any atom is 0.333 e. The third-order valence-corrected chi connectivity index (χ3v) is 2.59. The summed E-state index contributed by atoms with van der Waals surface area (Å²) in [4.78, 5) is 10.6. The molecule has 0 radical (unpaired) electrons. The summed E-state index contributed by atoms with van der Waals surface area (Å²) in [6, 6.07) is 4.84. The van der Waals surface area contributed by atoms with Gasteiger partial charge in [0.1, 0.15) is 5.69 Å². The molecule has 0 unspecified atom stereocenters. The van der Waals surface area contributed by atoms with Gasteiger partial charge in [0.05, 0.1) is 12.0 Å². The van der Waals surface area contributed by atoms with Gasteiger partial charge in [0.2, 0.25) is 0 Å². The number of methoxy groups -OCH3 is 1. The van der Waals surface area contributed by atoms with Crippen molar-refractivity contribution >= 4 is 11.4 Å². The first kappa shape index (κ1) is 14.2. The molecule has 0 heterocycles. The molecule has 0 saturated carbocycles. The monoisotopic (exact) mass is 254 g/mol. The minimum atomic E-state index is -0.479. The molecule has 0 atom stereocenters. The molecule has 0 fully saturated rings. The molecule has 0 aliphatic carbocycles. The van der Waals surface area contributed by atoms with E-state index in [9.17, 15) is 10.1 Å². The van der Waals surface area contributed by atoms with Crippen molar-refractivity contribution in [1.82, 2.24) is 0 Å². The van der Waals surface area contributed by atoms with Crippen LogP contribution in [0.25, 0.3) is 0 Å². The Morgan fingerprint density at radius 1 is 1.50 bits per heavy atom. The van der Waals surface area contributed by atoms with E-state index >= 15 is 0 Å². The molecule has 0 aromatic heterocycles. The van der Waals surface area contributed by atoms with Crippen molar-refractivity contribution in [3.63, 3.8) is 0 Å². The highest BCUT2D eigenvalue weighted by Crippen LogP contribution is 2.34. The van der Waals surface area contributed by atoms with Crippen LogP contribution >= 0.6 is 0 Å². The molecule has 0 bridgehead atoms. The summed E-state index contributed by atoms with van der Waals surface area (Å²) >= 11 is 0. The Bertz CT molecular complexity index is 432. The fourth-order valence-electron chi connectivity index (χ4n) is 1.41. The lowest BCUT2D eigenvalue weighted by atomic mass is 9.95. The van der Waals surface area contributed by atoms with Crippen LogP contribution in [0.15, 0.2) is 18.2 Å². The number of benzene rings is 1. The SMILES string of the molecule is COc1cccc(NCC(C)(C)CO)c1[N+](=O)[O-]. The molecule has 2 N–H and O–H groups in total. The molecule has 0 aliphatic rings. The fourth-order valence-corrected chi connectivity index (χ4v) is 1.41. The average Bonchev–Trinajstić information content (AvgIpc) is 2.35. The maximum absolute atomic E-state index is 11.0. The van der Waals surface area contributed by atoms with E-state index in [-0.39, 0.29) is 23.5 Å². The molecule has 0 aliphatic heterocycles. The van der Waals surface area contributed by atoms with Gasteiger partial charge in [0.15, 0.2) is 5.75 Å². The van der Waals surface area contributed by atoms with Gasteiger partial charge in [-0.2, -0.15) is 0 Å². The van der Waals surface area contributed by atoms with Gasteiger partial charge in [-0.25, -0.2) is 0 Å². The highest BCUT2D eigenvalue weighted by atomic mass is 16.6. The Morgan fingerprint density at radius 2 is 2.17 bits per heavy atom. The van der Waals surface area contributed by atoms with E-state index in [2.05, 4.69) is 5.32 Å². The summed E-state index contributed by atoms with van der Waals surface area (Å²) in [5.41, 5.74) is -0.0497. The lowest BCUT2D eigenvalue weighted by Gasteiger charge is -2.22. The van der Waals surface area contributed by atoms with Crippen LogP contribution in [0, 0.1) is 15.5 Å². The third-order valence-electron chi connectivity index (χ3n) is 2.59. The zero-order valence-electron chi connectivity index (χ0n) is 10.8. The van der Waals surface area contributed by atoms with Crippen LogP contribution in [0.5, 0.6) is 5.75 Å². The van der Waals surface area contributed by atoms with Gasteiger partial charge in [-0.15, -0.1) is 0 Å². The first-order chi connectivity index (χ1) is 8.41. The number of nitrogens with zero attached hydrogens (tertiary/aromatic N) is 1. The molecular weight excluding hydrogens is 236 g/mol. The lowest BCUT2D eigenvalue weighted by Crippen LogP contribution is -2.27. The van der Waals surface area contributed by atoms with Crippen LogP contribution < -0.4 is 10.1 Å². The zero-order chi connectivity index (χ0) is 13.8. The van der Waals surface area contributed by atoms with Gasteiger partial charge in [0.25, 0.3) is 0 Å². The second kappa shape index (κ2) is 5.68. The predicted molar refractivity (Wildman–Crippen MR) is 69.0 cm³/mol. The number of aliphatic hydroxyl groups is 1. The first-order valence-corrected chi connectivity index (χ1v) is 5.57. The largest absolute Gasteiger partial charge is 0.490 e. The van der Waals surface area contributed by atoms with Gasteiger partial charge in [-0.3, -0.25) is 10.1 Å². The minimum Gasteiger partial charge on any atom is -0.490 e. The molecule has 0 saturated heterocycles. The standard InChI is InChI=1S/C12H18N2O4/c1-12(2,8-15)7-13-9-5-4-6-10(18-3)11(9)14(16)17/h4-6,13,15H,7-8H2,1-3H3. The summed E-state index contributed by atoms with van der Waals surface area (Å²) in [7, 11) is 1.39. The molecule has 1 aromatic rings. The van der Waals surface area contributed by atoms with Gasteiger partial charge in [0, 0.05) is 18.6 Å². The number of nitro benzene ring substituents is 1. The van der Waals surface area contributed by atoms with Crippen molar-refractivity contribution in [1.29, 1.82) is 0 Å². The van der Waals surface area contributed by atoms with Gasteiger partial charge in [-0.05, 0) is 12.1 Å². The number of aliphatic hydroxyl groups excluding tert-OH is 1. The zero-order valence-corrected chi connectivity index (χ0v) is 10.8. The summed E-state index contributed by atoms with van der Waals surface area (Å²) in [6.07, 6.45) is 0. The van der Waals surface area contributed by atoms with E-state index in [4.69, 9.17) is 9.84 Å². The number of rotatable bonds is 6. The van der Waals surface area contributed by atoms with Crippen molar-refractivity contribution in [2.75, 3.05) is 25.6 Å². The molecule has 18 heavy (non-hydrogen) atoms. The van der Waals surface area contributed by atoms with Crippen LogP contribution in [0.1, 0.15) is 13.8 Å². The van der Waals surface area contributed by atoms with Crippen molar-refractivity contribution in [3.05, 3.63) is 28.3 Å². The number of ether oxygens (including phenoxy) is 1. The van der Waals surface area contributed by atoms with Crippen molar-refractivity contribution in [3.8, 4) is 5.75 Å². The Labute approximate surface area is 106 Å². The second-order valence-electron chi connectivity index (χ2n) is 4.79. The smallest absolute Gasteiger partial charge is 0.333 e. The molecule has 6 nitrogen and oxygen atoms in total. The Morgan fingerprint density at radius 3 is 2.67 bits per heavy atom. The summed E-state index contributed by atoms with van der Waals surface area (Å²) in [5, 5.41) is 23.2. The normalized spacial score (nSPS) is 11.1. The molecule has 1 rings (SSSR count). The van der Waals surface area contributed by atoms with Crippen molar-refractivity contribution in [2.45, 2.75) is 13.8 Å². The molecule has 6 heteroatoms. The van der Waals surface area contributed by atoms with Crippen LogP contribution in [0.4, 0.5) is 11.4 Å². The van der Waals surface area contributed by atoms with E-state index in [1.807, 2.05) is 13.8 Å². The number of para-hydroxylation sites is 1. The fraction of sp³-hybridized carbons (Fsp3) is 0.500. The highest BCUT2D eigenvalue weighted by Gasteiger charge is 2.23. The van der Waals surface area contributed by atoms with E-state index in [1.165, 1.54) is 7.11 Å². The third kappa shape index (κ3) is 3.33. The van der Waals surface area contributed by atoms with Crippen molar-refractivity contribution in [2.24, 2.45) is 5.41 Å². The highest BCUT2D eigenvalue weighted by molar-refractivity contribution is 5.68. The van der Waals surface area contributed by atoms with Crippen LogP contribution in [0.3, 0.4) is 0 Å². The number of hydrogen-bond donors (Lipinski definition) is 2.